The van der Waals surface area contributed by atoms with Gasteiger partial charge in [-0.15, -0.1) is 0 Å². The largest absolute Gasteiger partial charge is 0.481 e. The van der Waals surface area contributed by atoms with E-state index in [-0.39, 0.29) is 24.8 Å². The lowest BCUT2D eigenvalue weighted by Crippen LogP contribution is -2.55. The van der Waals surface area contributed by atoms with Crippen molar-refractivity contribution in [3.05, 3.63) is 101 Å². The van der Waals surface area contributed by atoms with Crippen molar-refractivity contribution >= 4 is 53.1 Å². The Kier molecular flexibility index (Phi) is 13.5. The monoisotopic (exact) mass is 765 g/mol. The Hall–Kier alpha value is -6.64. The first-order valence-corrected chi connectivity index (χ1v) is 18.2. The summed E-state index contributed by atoms with van der Waals surface area (Å²) < 4.78 is 5.30. The first-order chi connectivity index (χ1) is 26.8. The molecule has 3 atom stereocenters. The summed E-state index contributed by atoms with van der Waals surface area (Å²) in [5.41, 5.74) is 5.33. The average molecular weight is 766 g/mol. The van der Waals surface area contributed by atoms with Gasteiger partial charge in [0.25, 0.3) is 17.7 Å². The Morgan fingerprint density at radius 3 is 2.12 bits per heavy atom. The number of amides is 6. The quantitative estimate of drug-likeness (QED) is 0.0567. The number of rotatable bonds is 18. The smallest absolute Gasteiger partial charge is 0.306 e. The van der Waals surface area contributed by atoms with Crippen LogP contribution in [0.15, 0.2) is 78.9 Å². The Bertz CT molecular complexity index is 2040. The molecule has 1 aliphatic carbocycles. The molecule has 0 saturated carbocycles. The van der Waals surface area contributed by atoms with Gasteiger partial charge in [0.15, 0.2) is 0 Å². The molecule has 0 bridgehead atoms. The van der Waals surface area contributed by atoms with Crippen molar-refractivity contribution in [3.8, 4) is 11.1 Å². The summed E-state index contributed by atoms with van der Waals surface area (Å²) >= 11 is 0. The van der Waals surface area contributed by atoms with Crippen LogP contribution in [-0.4, -0.2) is 82.1 Å². The third-order valence-electron chi connectivity index (χ3n) is 9.38. The van der Waals surface area contributed by atoms with Gasteiger partial charge in [-0.3, -0.25) is 43.3 Å². The fraction of sp³-hybridized carbons (Fsp3) is 0.317. The molecule has 3 aromatic rings. The van der Waals surface area contributed by atoms with Crippen molar-refractivity contribution in [1.82, 2.24) is 20.9 Å². The van der Waals surface area contributed by atoms with Crippen LogP contribution < -0.4 is 21.3 Å². The number of unbranched alkanes of at least 4 members (excludes halogenated alkanes) is 2. The number of carbonyl (C=O) groups is 8. The van der Waals surface area contributed by atoms with Crippen molar-refractivity contribution in [3.63, 3.8) is 0 Å². The van der Waals surface area contributed by atoms with Gasteiger partial charge >= 0.3 is 11.9 Å². The number of carbonyl (C=O) groups excluding carboxylic acids is 7. The molecule has 0 fully saturated rings. The van der Waals surface area contributed by atoms with Crippen LogP contribution in [0.3, 0.4) is 0 Å². The van der Waals surface area contributed by atoms with Gasteiger partial charge in [0.2, 0.25) is 17.7 Å². The maximum absolute atomic E-state index is 13.2. The zero-order chi connectivity index (χ0) is 40.4. The summed E-state index contributed by atoms with van der Waals surface area (Å²) in [7, 11) is 0. The van der Waals surface area contributed by atoms with E-state index in [1.165, 1.54) is 38.1 Å². The van der Waals surface area contributed by atoms with Crippen LogP contribution in [0.5, 0.6) is 0 Å². The van der Waals surface area contributed by atoms with Gasteiger partial charge in [-0.05, 0) is 79.1 Å². The van der Waals surface area contributed by atoms with Crippen molar-refractivity contribution < 1.29 is 48.2 Å². The predicted molar refractivity (Wildman–Crippen MR) is 203 cm³/mol. The van der Waals surface area contributed by atoms with Crippen LogP contribution in [0.2, 0.25) is 0 Å². The molecule has 1 heterocycles. The predicted octanol–water partition coefficient (Wildman–Crippen LogP) is 3.01. The first-order valence-electron chi connectivity index (χ1n) is 18.2. The van der Waals surface area contributed by atoms with Gasteiger partial charge in [0.05, 0.1) is 6.42 Å². The molecular formula is C41H43N5O10. The molecule has 0 spiro atoms. The fourth-order valence-electron chi connectivity index (χ4n) is 6.31. The van der Waals surface area contributed by atoms with E-state index >= 15 is 0 Å². The number of nitrogens with one attached hydrogen (secondary N) is 4. The van der Waals surface area contributed by atoms with Gasteiger partial charge in [0, 0.05) is 36.4 Å². The Morgan fingerprint density at radius 2 is 1.41 bits per heavy atom. The average Bonchev–Trinajstić information content (AvgIpc) is 3.71. The lowest BCUT2D eigenvalue weighted by Gasteiger charge is -2.22. The minimum atomic E-state index is -1.49. The summed E-state index contributed by atoms with van der Waals surface area (Å²) in [6.07, 6.45) is 4.18. The first kappa shape index (κ1) is 40.5. The highest BCUT2D eigenvalue weighted by Gasteiger charge is 2.29. The highest BCUT2D eigenvalue weighted by Crippen LogP contribution is 2.38. The minimum Gasteiger partial charge on any atom is -0.481 e. The number of hydrogen-bond acceptors (Lipinski definition) is 9. The number of carboxylic acid groups (broad SMARTS) is 1. The number of imide groups is 1. The lowest BCUT2D eigenvalue weighted by atomic mass is 10.0. The molecule has 15 heteroatoms. The maximum Gasteiger partial charge on any atom is 0.306 e. The van der Waals surface area contributed by atoms with Crippen LogP contribution in [0.25, 0.3) is 11.1 Å². The molecule has 3 aromatic carbocycles. The molecule has 6 amide bonds. The SMILES string of the molecule is CC(NC(=O)c1cccc2c1Cc1ccccc1-2)C(=O)NC(C)C(=O)NC(CC(=O)O)C(=O)Nc1ccc(COC(=O)CCCCCN2C(=O)C=CC2=O)cc1. The number of nitrogens with zero attached hydrogens (tertiary/aromatic N) is 1. The third kappa shape index (κ3) is 10.5. The van der Waals surface area contributed by atoms with Crippen LogP contribution >= 0.6 is 0 Å². The fourth-order valence-corrected chi connectivity index (χ4v) is 6.31. The topological polar surface area (TPSA) is 217 Å². The molecule has 56 heavy (non-hydrogen) atoms. The van der Waals surface area contributed by atoms with Gasteiger partial charge in [-0.2, -0.15) is 0 Å². The highest BCUT2D eigenvalue weighted by atomic mass is 16.5. The van der Waals surface area contributed by atoms with Gasteiger partial charge in [-0.25, -0.2) is 0 Å². The number of fused-ring (bicyclic) bond motifs is 3. The maximum atomic E-state index is 13.2. The van der Waals surface area contributed by atoms with E-state index in [0.29, 0.717) is 49.0 Å². The zero-order valence-electron chi connectivity index (χ0n) is 31.0. The van der Waals surface area contributed by atoms with Crippen LogP contribution in [-0.2, 0) is 51.3 Å². The highest BCUT2D eigenvalue weighted by molar-refractivity contribution is 6.12. The summed E-state index contributed by atoms with van der Waals surface area (Å²) in [5, 5.41) is 19.5. The van der Waals surface area contributed by atoms with Crippen molar-refractivity contribution in [1.29, 1.82) is 0 Å². The summed E-state index contributed by atoms with van der Waals surface area (Å²) in [6.45, 7) is 3.10. The molecule has 5 N–H and O–H groups in total. The molecular weight excluding hydrogens is 722 g/mol. The number of esters is 1. The van der Waals surface area contributed by atoms with Crippen LogP contribution in [0.1, 0.15) is 73.0 Å². The van der Waals surface area contributed by atoms with Gasteiger partial charge < -0.3 is 31.1 Å². The number of aliphatic carboxylic acids is 1. The number of ether oxygens (including phenoxy) is 1. The third-order valence-corrected chi connectivity index (χ3v) is 9.38. The molecule has 2 aliphatic rings. The Morgan fingerprint density at radius 1 is 0.750 bits per heavy atom. The standard InChI is InChI=1S/C41H43N5O10/c1-24(43-40(54)31-12-8-11-30-29-10-6-5-9-27(29)21-32(30)31)38(52)42-25(2)39(53)45-33(22-36(49)50)41(55)44-28-16-14-26(15-17-28)23-56-37(51)13-4-3-7-20-46-34(47)18-19-35(46)48/h5-6,8-12,14-19,24-25,33H,3-4,7,13,20-23H2,1-2H3,(H,42,52)(H,43,54)(H,44,55)(H,45,53)(H,49,50). The van der Waals surface area contributed by atoms with Crippen LogP contribution in [0.4, 0.5) is 5.69 Å². The summed E-state index contributed by atoms with van der Waals surface area (Å²) in [4.78, 5) is 100. The molecule has 292 valence electrons. The molecule has 0 radical (unpaired) electrons. The second-order valence-electron chi connectivity index (χ2n) is 13.6. The van der Waals surface area contributed by atoms with E-state index in [0.717, 1.165) is 27.2 Å². The lowest BCUT2D eigenvalue weighted by molar-refractivity contribution is -0.145. The van der Waals surface area contributed by atoms with E-state index in [2.05, 4.69) is 21.3 Å². The Balaban J connectivity index is 1.04. The molecule has 15 nitrogen and oxygen atoms in total. The number of benzene rings is 3. The molecule has 3 unspecified atom stereocenters. The normalized spacial score (nSPS) is 14.2. The van der Waals surface area contributed by atoms with Gasteiger partial charge in [0.1, 0.15) is 24.7 Å². The van der Waals surface area contributed by atoms with Crippen LogP contribution in [0, 0.1) is 0 Å². The van der Waals surface area contributed by atoms with E-state index in [1.807, 2.05) is 30.3 Å². The van der Waals surface area contributed by atoms with Crippen molar-refractivity contribution in [2.75, 3.05) is 11.9 Å². The second-order valence-corrected chi connectivity index (χ2v) is 13.6. The molecule has 0 saturated heterocycles. The van der Waals surface area contributed by atoms with Crippen molar-refractivity contribution in [2.24, 2.45) is 0 Å². The van der Waals surface area contributed by atoms with E-state index < -0.39 is 60.1 Å². The number of anilines is 1. The molecule has 1 aliphatic heterocycles. The van der Waals surface area contributed by atoms with Crippen molar-refractivity contribution in [2.45, 2.75) is 77.1 Å². The summed E-state index contributed by atoms with van der Waals surface area (Å²) in [6, 6.07) is 15.8. The van der Waals surface area contributed by atoms with E-state index in [4.69, 9.17) is 4.74 Å². The van der Waals surface area contributed by atoms with E-state index in [1.54, 1.807) is 24.3 Å². The second kappa shape index (κ2) is 18.6. The number of hydrogen-bond donors (Lipinski definition) is 5. The minimum absolute atomic E-state index is 0.0257. The number of carboxylic acids is 1. The molecule has 0 aromatic heterocycles. The summed E-state index contributed by atoms with van der Waals surface area (Å²) in [5.74, 6) is -5.19. The Labute approximate surface area is 322 Å². The van der Waals surface area contributed by atoms with E-state index in [9.17, 15) is 43.5 Å². The zero-order valence-corrected chi connectivity index (χ0v) is 31.0. The van der Waals surface area contributed by atoms with Gasteiger partial charge in [-0.1, -0.05) is 55.0 Å². The molecule has 5 rings (SSSR count).